The van der Waals surface area contributed by atoms with Crippen molar-refractivity contribution >= 4 is 22.6 Å². The Morgan fingerprint density at radius 1 is 1.24 bits per heavy atom. The summed E-state index contributed by atoms with van der Waals surface area (Å²) in [7, 11) is 0. The summed E-state index contributed by atoms with van der Waals surface area (Å²) in [6.07, 6.45) is 0. The van der Waals surface area contributed by atoms with Gasteiger partial charge in [0.05, 0.1) is 11.9 Å². The van der Waals surface area contributed by atoms with Crippen LogP contribution in [0.3, 0.4) is 0 Å². The Labute approximate surface area is 120 Å². The molecule has 21 heavy (non-hydrogen) atoms. The molecule has 110 valence electrons. The Balaban J connectivity index is 2.19. The van der Waals surface area contributed by atoms with Crippen molar-refractivity contribution in [2.75, 3.05) is 6.54 Å². The Kier molecular flexibility index (Phi) is 4.32. The molecule has 7 nitrogen and oxygen atoms in total. The van der Waals surface area contributed by atoms with E-state index in [4.69, 9.17) is 0 Å². The van der Waals surface area contributed by atoms with Crippen LogP contribution in [-0.4, -0.2) is 34.6 Å². The SMILES string of the molecule is CC(C)NC(=O)CNC(=O)c1n[nH]c(=O)c2ccccc12. The van der Waals surface area contributed by atoms with Crippen molar-refractivity contribution < 1.29 is 9.59 Å². The molecule has 1 heterocycles. The van der Waals surface area contributed by atoms with Gasteiger partial charge in [-0.2, -0.15) is 5.10 Å². The lowest BCUT2D eigenvalue weighted by atomic mass is 10.1. The molecule has 2 aromatic rings. The minimum Gasteiger partial charge on any atom is -0.352 e. The predicted molar refractivity (Wildman–Crippen MR) is 78.0 cm³/mol. The third-order valence-corrected chi connectivity index (χ3v) is 2.77. The maximum Gasteiger partial charge on any atom is 0.272 e. The molecule has 0 bridgehead atoms. The number of carbonyl (C=O) groups excluding carboxylic acids is 2. The lowest BCUT2D eigenvalue weighted by Gasteiger charge is -2.09. The second-order valence-electron chi connectivity index (χ2n) is 4.85. The van der Waals surface area contributed by atoms with Crippen LogP contribution in [0, 0.1) is 0 Å². The molecular weight excluding hydrogens is 272 g/mol. The number of aromatic nitrogens is 2. The van der Waals surface area contributed by atoms with Gasteiger partial charge in [-0.3, -0.25) is 14.4 Å². The number of amides is 2. The topological polar surface area (TPSA) is 104 Å². The van der Waals surface area contributed by atoms with Gasteiger partial charge in [0.1, 0.15) is 0 Å². The molecule has 0 unspecified atom stereocenters. The summed E-state index contributed by atoms with van der Waals surface area (Å²) in [5, 5.41) is 12.0. The van der Waals surface area contributed by atoms with E-state index in [-0.39, 0.29) is 29.7 Å². The molecule has 0 saturated heterocycles. The van der Waals surface area contributed by atoms with E-state index < -0.39 is 5.91 Å². The molecule has 0 fully saturated rings. The molecular formula is C14H16N4O3. The Morgan fingerprint density at radius 2 is 1.90 bits per heavy atom. The van der Waals surface area contributed by atoms with E-state index in [0.717, 1.165) is 0 Å². The maximum atomic E-state index is 12.1. The van der Waals surface area contributed by atoms with Crippen molar-refractivity contribution in [2.24, 2.45) is 0 Å². The van der Waals surface area contributed by atoms with Crippen LogP contribution in [-0.2, 0) is 4.79 Å². The number of carbonyl (C=O) groups is 2. The molecule has 3 N–H and O–H groups in total. The summed E-state index contributed by atoms with van der Waals surface area (Å²) in [5.74, 6) is -0.798. The Morgan fingerprint density at radius 3 is 2.57 bits per heavy atom. The zero-order valence-electron chi connectivity index (χ0n) is 11.8. The zero-order valence-corrected chi connectivity index (χ0v) is 11.8. The van der Waals surface area contributed by atoms with Crippen LogP contribution in [0.1, 0.15) is 24.3 Å². The molecule has 0 spiro atoms. The van der Waals surface area contributed by atoms with Gasteiger partial charge < -0.3 is 10.6 Å². The molecule has 0 aliphatic rings. The van der Waals surface area contributed by atoms with E-state index in [1.54, 1.807) is 24.3 Å². The van der Waals surface area contributed by atoms with E-state index in [0.29, 0.717) is 10.8 Å². The highest BCUT2D eigenvalue weighted by Crippen LogP contribution is 2.11. The van der Waals surface area contributed by atoms with E-state index in [1.807, 2.05) is 13.8 Å². The van der Waals surface area contributed by atoms with Crippen LogP contribution in [0.2, 0.25) is 0 Å². The summed E-state index contributed by atoms with van der Waals surface area (Å²) >= 11 is 0. The molecule has 0 aliphatic heterocycles. The lowest BCUT2D eigenvalue weighted by molar-refractivity contribution is -0.120. The van der Waals surface area contributed by atoms with Gasteiger partial charge in [0.2, 0.25) is 5.91 Å². The Bertz CT molecular complexity index is 736. The standard InChI is InChI=1S/C14H16N4O3/c1-8(2)16-11(19)7-15-14(21)12-9-5-3-4-6-10(9)13(20)18-17-12/h3-6,8H,7H2,1-2H3,(H,15,21)(H,16,19)(H,18,20). The first-order chi connectivity index (χ1) is 9.99. The first-order valence-corrected chi connectivity index (χ1v) is 6.54. The summed E-state index contributed by atoms with van der Waals surface area (Å²) < 4.78 is 0. The van der Waals surface area contributed by atoms with Crippen LogP contribution in [0.15, 0.2) is 29.1 Å². The van der Waals surface area contributed by atoms with Crippen LogP contribution in [0.25, 0.3) is 10.8 Å². The van der Waals surface area contributed by atoms with Gasteiger partial charge in [0.25, 0.3) is 11.5 Å². The van der Waals surface area contributed by atoms with Crippen LogP contribution < -0.4 is 16.2 Å². The molecule has 0 saturated carbocycles. The number of nitrogens with one attached hydrogen (secondary N) is 3. The number of H-pyrrole nitrogens is 1. The number of benzene rings is 1. The van der Waals surface area contributed by atoms with Gasteiger partial charge in [-0.15, -0.1) is 0 Å². The third-order valence-electron chi connectivity index (χ3n) is 2.77. The fourth-order valence-electron chi connectivity index (χ4n) is 1.91. The molecule has 2 amide bonds. The fraction of sp³-hybridized carbons (Fsp3) is 0.286. The first-order valence-electron chi connectivity index (χ1n) is 6.54. The summed E-state index contributed by atoms with van der Waals surface area (Å²) in [6, 6.07) is 6.67. The van der Waals surface area contributed by atoms with E-state index in [2.05, 4.69) is 20.8 Å². The maximum absolute atomic E-state index is 12.1. The Hall–Kier alpha value is -2.70. The second kappa shape index (κ2) is 6.17. The van der Waals surface area contributed by atoms with Gasteiger partial charge in [-0.1, -0.05) is 18.2 Å². The minimum atomic E-state index is -0.513. The number of hydrogen-bond acceptors (Lipinski definition) is 4. The first kappa shape index (κ1) is 14.7. The lowest BCUT2D eigenvalue weighted by Crippen LogP contribution is -2.40. The van der Waals surface area contributed by atoms with Crippen molar-refractivity contribution in [3.05, 3.63) is 40.3 Å². The van der Waals surface area contributed by atoms with Crippen molar-refractivity contribution in [1.82, 2.24) is 20.8 Å². The molecule has 2 rings (SSSR count). The van der Waals surface area contributed by atoms with Gasteiger partial charge in [-0.05, 0) is 19.9 Å². The van der Waals surface area contributed by atoms with Gasteiger partial charge in [-0.25, -0.2) is 5.10 Å². The molecule has 1 aromatic carbocycles. The van der Waals surface area contributed by atoms with Crippen molar-refractivity contribution in [1.29, 1.82) is 0 Å². The number of rotatable bonds is 4. The highest BCUT2D eigenvalue weighted by Gasteiger charge is 2.14. The highest BCUT2D eigenvalue weighted by atomic mass is 16.2. The number of nitrogens with zero attached hydrogens (tertiary/aromatic N) is 1. The smallest absolute Gasteiger partial charge is 0.272 e. The van der Waals surface area contributed by atoms with Crippen molar-refractivity contribution in [3.63, 3.8) is 0 Å². The fourth-order valence-corrected chi connectivity index (χ4v) is 1.91. The second-order valence-corrected chi connectivity index (χ2v) is 4.85. The molecule has 0 atom stereocenters. The largest absolute Gasteiger partial charge is 0.352 e. The van der Waals surface area contributed by atoms with E-state index in [9.17, 15) is 14.4 Å². The van der Waals surface area contributed by atoms with Crippen LogP contribution >= 0.6 is 0 Å². The monoisotopic (exact) mass is 288 g/mol. The van der Waals surface area contributed by atoms with Crippen LogP contribution in [0.5, 0.6) is 0 Å². The van der Waals surface area contributed by atoms with Crippen LogP contribution in [0.4, 0.5) is 0 Å². The van der Waals surface area contributed by atoms with Gasteiger partial charge in [0, 0.05) is 11.4 Å². The highest BCUT2D eigenvalue weighted by molar-refractivity contribution is 6.05. The average Bonchev–Trinajstić information content (AvgIpc) is 2.45. The molecule has 0 radical (unpaired) electrons. The number of aromatic amines is 1. The number of fused-ring (bicyclic) bond motifs is 1. The van der Waals surface area contributed by atoms with Crippen molar-refractivity contribution in [3.8, 4) is 0 Å². The predicted octanol–water partition coefficient (Wildman–Crippen LogP) is 0.178. The normalized spacial score (nSPS) is 10.6. The molecule has 0 aliphatic carbocycles. The summed E-state index contributed by atoms with van der Waals surface area (Å²) in [6.45, 7) is 3.51. The average molecular weight is 288 g/mol. The van der Waals surface area contributed by atoms with Gasteiger partial charge in [0.15, 0.2) is 5.69 Å². The molecule has 1 aromatic heterocycles. The summed E-state index contributed by atoms with van der Waals surface area (Å²) in [5.41, 5.74) is -0.276. The zero-order chi connectivity index (χ0) is 15.4. The quantitative estimate of drug-likeness (QED) is 0.746. The van der Waals surface area contributed by atoms with E-state index in [1.165, 1.54) is 0 Å². The van der Waals surface area contributed by atoms with E-state index >= 15 is 0 Å². The minimum absolute atomic E-state index is 0.00133. The van der Waals surface area contributed by atoms with Gasteiger partial charge >= 0.3 is 0 Å². The summed E-state index contributed by atoms with van der Waals surface area (Å²) in [4.78, 5) is 35.2. The number of hydrogen-bond donors (Lipinski definition) is 3. The molecule has 7 heteroatoms. The van der Waals surface area contributed by atoms with Crippen molar-refractivity contribution in [2.45, 2.75) is 19.9 Å². The third kappa shape index (κ3) is 3.44.